The molecule has 0 amide bonds. The van der Waals surface area contributed by atoms with Gasteiger partial charge in [-0.05, 0) is 36.1 Å². The molecule has 21 heavy (non-hydrogen) atoms. The Morgan fingerprint density at radius 2 is 1.90 bits per heavy atom. The minimum Gasteiger partial charge on any atom is -0.493 e. The van der Waals surface area contributed by atoms with Gasteiger partial charge in [-0.2, -0.15) is 0 Å². The molecule has 0 bridgehead atoms. The number of carbonyl (C=O) groups is 1. The zero-order valence-corrected chi connectivity index (χ0v) is 12.3. The van der Waals surface area contributed by atoms with Crippen LogP contribution in [-0.2, 0) is 4.79 Å². The summed E-state index contributed by atoms with van der Waals surface area (Å²) in [5, 5.41) is 8.68. The summed E-state index contributed by atoms with van der Waals surface area (Å²) < 4.78 is 16.4. The number of rotatable bonds is 8. The monoisotopic (exact) mass is 292 g/mol. The van der Waals surface area contributed by atoms with Crippen LogP contribution in [0.25, 0.3) is 6.08 Å². The number of ether oxygens (including phenoxy) is 3. The van der Waals surface area contributed by atoms with Crippen molar-refractivity contribution in [3.05, 3.63) is 23.8 Å². The highest BCUT2D eigenvalue weighted by Gasteiger charge is 2.21. The van der Waals surface area contributed by atoms with Gasteiger partial charge in [0.1, 0.15) is 0 Å². The molecule has 0 atom stereocenters. The topological polar surface area (TPSA) is 65.0 Å². The first kappa shape index (κ1) is 15.2. The first-order chi connectivity index (χ1) is 10.1. The van der Waals surface area contributed by atoms with Gasteiger partial charge in [0.05, 0.1) is 20.8 Å². The summed E-state index contributed by atoms with van der Waals surface area (Å²) in [6.07, 6.45) is 6.17. The summed E-state index contributed by atoms with van der Waals surface area (Å²) >= 11 is 0. The van der Waals surface area contributed by atoms with E-state index in [0.29, 0.717) is 29.4 Å². The molecule has 1 aromatic carbocycles. The molecule has 1 aliphatic carbocycles. The molecule has 0 unspecified atom stereocenters. The van der Waals surface area contributed by atoms with E-state index in [4.69, 9.17) is 19.3 Å². The number of aliphatic carboxylic acids is 1. The van der Waals surface area contributed by atoms with Crippen LogP contribution in [-0.4, -0.2) is 31.9 Å². The standard InChI is InChI=1S/C16H20O5/c1-19-13-9-12(5-6-15(17)18)10-14(20-2)16(13)21-8-7-11-3-4-11/h5-6,9-11H,3-4,7-8H2,1-2H3,(H,17,18). The fraction of sp³-hybridized carbons (Fsp3) is 0.438. The maximum atomic E-state index is 10.6. The minimum absolute atomic E-state index is 0.537. The fourth-order valence-electron chi connectivity index (χ4n) is 2.04. The van der Waals surface area contributed by atoms with Gasteiger partial charge in [-0.1, -0.05) is 12.8 Å². The van der Waals surface area contributed by atoms with Gasteiger partial charge in [0.25, 0.3) is 0 Å². The SMILES string of the molecule is COc1cc(C=CC(=O)O)cc(OC)c1OCCC1CC1. The Bertz CT molecular complexity index is 506. The summed E-state index contributed by atoms with van der Waals surface area (Å²) in [6.45, 7) is 0.627. The second kappa shape index (κ2) is 7.02. The molecule has 2 rings (SSSR count). The van der Waals surface area contributed by atoms with E-state index in [0.717, 1.165) is 18.4 Å². The molecule has 0 heterocycles. The Morgan fingerprint density at radius 3 is 2.38 bits per heavy atom. The Balaban J connectivity index is 2.18. The summed E-state index contributed by atoms with van der Waals surface area (Å²) in [4.78, 5) is 10.6. The Kier molecular flexibility index (Phi) is 5.09. The molecule has 0 radical (unpaired) electrons. The van der Waals surface area contributed by atoms with E-state index in [2.05, 4.69) is 0 Å². The second-order valence-corrected chi connectivity index (χ2v) is 5.01. The van der Waals surface area contributed by atoms with Crippen LogP contribution in [0.4, 0.5) is 0 Å². The smallest absolute Gasteiger partial charge is 0.328 e. The van der Waals surface area contributed by atoms with Gasteiger partial charge in [-0.3, -0.25) is 0 Å². The Labute approximate surface area is 124 Å². The van der Waals surface area contributed by atoms with Crippen LogP contribution in [0.1, 0.15) is 24.8 Å². The molecular weight excluding hydrogens is 272 g/mol. The first-order valence-corrected chi connectivity index (χ1v) is 6.94. The fourth-order valence-corrected chi connectivity index (χ4v) is 2.04. The van der Waals surface area contributed by atoms with Crippen LogP contribution >= 0.6 is 0 Å². The van der Waals surface area contributed by atoms with E-state index in [1.807, 2.05) is 0 Å². The van der Waals surface area contributed by atoms with Crippen molar-refractivity contribution in [3.63, 3.8) is 0 Å². The van der Waals surface area contributed by atoms with Gasteiger partial charge >= 0.3 is 5.97 Å². The van der Waals surface area contributed by atoms with Gasteiger partial charge in [0.15, 0.2) is 11.5 Å². The van der Waals surface area contributed by atoms with Crippen LogP contribution in [0.2, 0.25) is 0 Å². The molecule has 5 heteroatoms. The third-order valence-corrected chi connectivity index (χ3v) is 3.37. The van der Waals surface area contributed by atoms with Crippen molar-refractivity contribution < 1.29 is 24.1 Å². The van der Waals surface area contributed by atoms with Crippen LogP contribution in [0.15, 0.2) is 18.2 Å². The van der Waals surface area contributed by atoms with Crippen LogP contribution in [0, 0.1) is 5.92 Å². The predicted molar refractivity (Wildman–Crippen MR) is 79.1 cm³/mol. The van der Waals surface area contributed by atoms with E-state index in [1.54, 1.807) is 26.4 Å². The lowest BCUT2D eigenvalue weighted by Crippen LogP contribution is -2.02. The minimum atomic E-state index is -1.00. The highest BCUT2D eigenvalue weighted by atomic mass is 16.5. The molecule has 1 aliphatic rings. The van der Waals surface area contributed by atoms with Gasteiger partial charge < -0.3 is 19.3 Å². The number of carboxylic acids is 1. The molecule has 1 fully saturated rings. The van der Waals surface area contributed by atoms with Crippen molar-refractivity contribution in [1.29, 1.82) is 0 Å². The second-order valence-electron chi connectivity index (χ2n) is 5.01. The Hall–Kier alpha value is -2.17. The first-order valence-electron chi connectivity index (χ1n) is 6.94. The number of methoxy groups -OCH3 is 2. The zero-order chi connectivity index (χ0) is 15.2. The molecule has 0 aliphatic heterocycles. The van der Waals surface area contributed by atoms with Crippen molar-refractivity contribution in [2.24, 2.45) is 5.92 Å². The third-order valence-electron chi connectivity index (χ3n) is 3.37. The lowest BCUT2D eigenvalue weighted by atomic mass is 10.1. The lowest BCUT2D eigenvalue weighted by Gasteiger charge is -2.15. The normalized spacial score (nSPS) is 14.2. The highest BCUT2D eigenvalue weighted by molar-refractivity contribution is 5.85. The van der Waals surface area contributed by atoms with Crippen LogP contribution in [0.5, 0.6) is 17.2 Å². The third kappa shape index (κ3) is 4.41. The predicted octanol–water partition coefficient (Wildman–Crippen LogP) is 2.98. The zero-order valence-electron chi connectivity index (χ0n) is 12.3. The van der Waals surface area contributed by atoms with Gasteiger partial charge in [0.2, 0.25) is 5.75 Å². The van der Waals surface area contributed by atoms with Crippen molar-refractivity contribution in [3.8, 4) is 17.2 Å². The van der Waals surface area contributed by atoms with E-state index >= 15 is 0 Å². The number of hydrogen-bond acceptors (Lipinski definition) is 4. The summed E-state index contributed by atoms with van der Waals surface area (Å²) in [5.41, 5.74) is 0.681. The van der Waals surface area contributed by atoms with Gasteiger partial charge in [-0.25, -0.2) is 4.79 Å². The van der Waals surface area contributed by atoms with Crippen LogP contribution < -0.4 is 14.2 Å². The molecule has 0 saturated heterocycles. The molecule has 1 aromatic rings. The van der Waals surface area contributed by atoms with Gasteiger partial charge in [-0.15, -0.1) is 0 Å². The molecule has 0 aromatic heterocycles. The van der Waals surface area contributed by atoms with E-state index in [-0.39, 0.29) is 0 Å². The molecule has 1 N–H and O–H groups in total. The number of carboxylic acid groups (broad SMARTS) is 1. The molecule has 1 saturated carbocycles. The summed E-state index contributed by atoms with van der Waals surface area (Å²) in [5.74, 6) is 1.43. The van der Waals surface area contributed by atoms with E-state index < -0.39 is 5.97 Å². The molecule has 0 spiro atoms. The lowest BCUT2D eigenvalue weighted by molar-refractivity contribution is -0.131. The van der Waals surface area contributed by atoms with Gasteiger partial charge in [0, 0.05) is 6.08 Å². The number of hydrogen-bond donors (Lipinski definition) is 1. The van der Waals surface area contributed by atoms with Crippen molar-refractivity contribution in [2.45, 2.75) is 19.3 Å². The maximum absolute atomic E-state index is 10.6. The van der Waals surface area contributed by atoms with Crippen molar-refractivity contribution >= 4 is 12.0 Å². The molecule has 114 valence electrons. The van der Waals surface area contributed by atoms with E-state index in [9.17, 15) is 4.79 Å². The average molecular weight is 292 g/mol. The largest absolute Gasteiger partial charge is 0.493 e. The quantitative estimate of drug-likeness (QED) is 0.746. The van der Waals surface area contributed by atoms with Crippen molar-refractivity contribution in [1.82, 2.24) is 0 Å². The summed E-state index contributed by atoms with van der Waals surface area (Å²) in [6, 6.07) is 3.46. The number of benzene rings is 1. The van der Waals surface area contributed by atoms with E-state index in [1.165, 1.54) is 18.9 Å². The Morgan fingerprint density at radius 1 is 1.29 bits per heavy atom. The highest BCUT2D eigenvalue weighted by Crippen LogP contribution is 2.40. The average Bonchev–Trinajstić information content (AvgIpc) is 3.29. The molecular formula is C16H20O5. The summed E-state index contributed by atoms with van der Waals surface area (Å²) in [7, 11) is 3.10. The molecule has 5 nitrogen and oxygen atoms in total. The van der Waals surface area contributed by atoms with Crippen LogP contribution in [0.3, 0.4) is 0 Å². The maximum Gasteiger partial charge on any atom is 0.328 e. The van der Waals surface area contributed by atoms with Crippen molar-refractivity contribution in [2.75, 3.05) is 20.8 Å².